The van der Waals surface area contributed by atoms with Gasteiger partial charge in [0.1, 0.15) is 0 Å². The lowest BCUT2D eigenvalue weighted by Crippen LogP contribution is -2.48. The highest BCUT2D eigenvalue weighted by atomic mass is 19.4. The fraction of sp³-hybridized carbons (Fsp3) is 0.500. The second-order valence-electron chi connectivity index (χ2n) is 5.08. The van der Waals surface area contributed by atoms with E-state index in [0.717, 1.165) is 17.7 Å². The lowest BCUT2D eigenvalue weighted by Gasteiger charge is -2.39. The number of rotatable bonds is 1. The van der Waals surface area contributed by atoms with E-state index in [2.05, 4.69) is 4.90 Å². The zero-order valence-electron chi connectivity index (χ0n) is 11.4. The maximum atomic E-state index is 12.5. The Morgan fingerprint density at radius 3 is 2.30 bits per heavy atom. The molecule has 0 aliphatic carbocycles. The first kappa shape index (κ1) is 14.8. The van der Waals surface area contributed by atoms with Crippen molar-refractivity contribution in [1.29, 1.82) is 0 Å². The van der Waals surface area contributed by atoms with Gasteiger partial charge < -0.3 is 4.90 Å². The van der Waals surface area contributed by atoms with Crippen molar-refractivity contribution in [2.75, 3.05) is 26.7 Å². The van der Waals surface area contributed by atoms with Crippen LogP contribution in [0.25, 0.3) is 0 Å². The molecule has 1 fully saturated rings. The third kappa shape index (κ3) is 3.12. The van der Waals surface area contributed by atoms with Gasteiger partial charge in [-0.1, -0.05) is 12.1 Å². The van der Waals surface area contributed by atoms with Crippen molar-refractivity contribution in [1.82, 2.24) is 9.80 Å². The summed E-state index contributed by atoms with van der Waals surface area (Å²) in [5, 5.41) is 0. The van der Waals surface area contributed by atoms with E-state index in [9.17, 15) is 18.0 Å². The van der Waals surface area contributed by atoms with Gasteiger partial charge in [-0.3, -0.25) is 9.69 Å². The molecule has 1 heterocycles. The van der Waals surface area contributed by atoms with Gasteiger partial charge in [0.25, 0.3) is 0 Å². The number of piperazine rings is 1. The van der Waals surface area contributed by atoms with E-state index in [4.69, 9.17) is 0 Å². The lowest BCUT2D eigenvalue weighted by atomic mass is 10.0. The molecule has 2 rings (SSSR count). The van der Waals surface area contributed by atoms with Crippen LogP contribution < -0.4 is 0 Å². The molecule has 3 nitrogen and oxygen atoms in total. The Morgan fingerprint density at radius 1 is 1.20 bits per heavy atom. The van der Waals surface area contributed by atoms with Crippen molar-refractivity contribution in [2.45, 2.75) is 19.1 Å². The van der Waals surface area contributed by atoms with Gasteiger partial charge in [0.2, 0.25) is 5.91 Å². The minimum absolute atomic E-state index is 0.00462. The molecule has 0 radical (unpaired) electrons. The van der Waals surface area contributed by atoms with Crippen LogP contribution in [0.1, 0.15) is 24.1 Å². The van der Waals surface area contributed by atoms with Crippen LogP contribution in [0.15, 0.2) is 24.3 Å². The molecule has 0 spiro atoms. The standard InChI is InChI=1S/C14H17F3N2O/c1-10(20)19-8-7-18(2)13(9-19)11-3-5-12(6-4-11)14(15,16)17/h3-6,13H,7-9H2,1-2H3. The lowest BCUT2D eigenvalue weighted by molar-refractivity contribution is -0.137. The summed E-state index contributed by atoms with van der Waals surface area (Å²) < 4.78 is 37.6. The second kappa shape index (κ2) is 5.44. The highest BCUT2D eigenvalue weighted by Crippen LogP contribution is 2.31. The van der Waals surface area contributed by atoms with Crippen molar-refractivity contribution >= 4 is 5.91 Å². The Bertz CT molecular complexity index is 484. The first-order valence-corrected chi connectivity index (χ1v) is 6.42. The topological polar surface area (TPSA) is 23.6 Å². The summed E-state index contributed by atoms with van der Waals surface area (Å²) in [6.07, 6.45) is -4.32. The van der Waals surface area contributed by atoms with Crippen molar-refractivity contribution in [3.05, 3.63) is 35.4 Å². The third-order valence-corrected chi connectivity index (χ3v) is 3.72. The van der Waals surface area contributed by atoms with Crippen LogP contribution in [0.4, 0.5) is 13.2 Å². The maximum Gasteiger partial charge on any atom is 0.416 e. The number of hydrogen-bond donors (Lipinski definition) is 0. The second-order valence-corrected chi connectivity index (χ2v) is 5.08. The van der Waals surface area contributed by atoms with E-state index in [0.29, 0.717) is 19.6 Å². The van der Waals surface area contributed by atoms with Crippen molar-refractivity contribution in [3.8, 4) is 0 Å². The van der Waals surface area contributed by atoms with Crippen LogP contribution in [0.2, 0.25) is 0 Å². The Kier molecular flexibility index (Phi) is 4.04. The summed E-state index contributed by atoms with van der Waals surface area (Å²) in [5.41, 5.74) is 0.148. The van der Waals surface area contributed by atoms with Gasteiger partial charge in [-0.2, -0.15) is 13.2 Å². The summed E-state index contributed by atoms with van der Waals surface area (Å²) >= 11 is 0. The minimum atomic E-state index is -4.32. The number of nitrogens with zero attached hydrogens (tertiary/aromatic N) is 2. The van der Waals surface area contributed by atoms with Gasteiger partial charge in [0.05, 0.1) is 11.6 Å². The molecule has 1 atom stereocenters. The molecule has 1 aliphatic heterocycles. The van der Waals surface area contributed by atoms with Crippen molar-refractivity contribution in [3.63, 3.8) is 0 Å². The first-order valence-electron chi connectivity index (χ1n) is 6.42. The van der Waals surface area contributed by atoms with E-state index < -0.39 is 11.7 Å². The quantitative estimate of drug-likeness (QED) is 0.792. The Hall–Kier alpha value is -1.56. The molecule has 1 saturated heterocycles. The summed E-state index contributed by atoms with van der Waals surface area (Å²) in [5.74, 6) is -0.00462. The monoisotopic (exact) mass is 286 g/mol. The van der Waals surface area contributed by atoms with E-state index >= 15 is 0 Å². The minimum Gasteiger partial charge on any atom is -0.340 e. The van der Waals surface area contributed by atoms with Crippen LogP contribution in [-0.4, -0.2) is 42.4 Å². The number of carbonyl (C=O) groups is 1. The summed E-state index contributed by atoms with van der Waals surface area (Å²) in [6, 6.07) is 5.11. The summed E-state index contributed by atoms with van der Waals surface area (Å²) in [4.78, 5) is 15.2. The van der Waals surface area contributed by atoms with Gasteiger partial charge >= 0.3 is 6.18 Å². The van der Waals surface area contributed by atoms with Crippen LogP contribution in [-0.2, 0) is 11.0 Å². The van der Waals surface area contributed by atoms with E-state index in [-0.39, 0.29) is 11.9 Å². The molecule has 6 heteroatoms. The summed E-state index contributed by atoms with van der Waals surface area (Å²) in [6.45, 7) is 3.39. The molecule has 1 unspecified atom stereocenters. The smallest absolute Gasteiger partial charge is 0.340 e. The molecule has 1 aromatic carbocycles. The predicted octanol–water partition coefficient (Wildman–Crippen LogP) is 2.54. The first-order chi connectivity index (χ1) is 9.29. The van der Waals surface area contributed by atoms with Crippen LogP contribution in [0.3, 0.4) is 0 Å². The van der Waals surface area contributed by atoms with Crippen molar-refractivity contribution < 1.29 is 18.0 Å². The predicted molar refractivity (Wildman–Crippen MR) is 69.1 cm³/mol. The molecule has 1 aliphatic rings. The molecule has 110 valence electrons. The zero-order valence-corrected chi connectivity index (χ0v) is 11.4. The average molecular weight is 286 g/mol. The molecule has 20 heavy (non-hydrogen) atoms. The molecular weight excluding hydrogens is 269 g/mol. The fourth-order valence-electron chi connectivity index (χ4n) is 2.41. The number of likely N-dealkylation sites (N-methyl/N-ethyl adjacent to an activating group) is 1. The SMILES string of the molecule is CC(=O)N1CCN(C)C(c2ccc(C(F)(F)F)cc2)C1. The van der Waals surface area contributed by atoms with E-state index in [1.165, 1.54) is 19.1 Å². The van der Waals surface area contributed by atoms with Crippen LogP contribution >= 0.6 is 0 Å². The number of halogens is 3. The van der Waals surface area contributed by atoms with Crippen LogP contribution in [0.5, 0.6) is 0 Å². The number of amides is 1. The molecule has 0 N–H and O–H groups in total. The number of alkyl halides is 3. The largest absolute Gasteiger partial charge is 0.416 e. The normalized spacial score (nSPS) is 21.1. The van der Waals surface area contributed by atoms with Crippen molar-refractivity contribution in [2.24, 2.45) is 0 Å². The van der Waals surface area contributed by atoms with Crippen LogP contribution in [0, 0.1) is 0 Å². The Balaban J connectivity index is 2.19. The van der Waals surface area contributed by atoms with E-state index in [1.807, 2.05) is 7.05 Å². The van der Waals surface area contributed by atoms with Gasteiger partial charge in [-0.15, -0.1) is 0 Å². The summed E-state index contributed by atoms with van der Waals surface area (Å²) in [7, 11) is 1.92. The highest BCUT2D eigenvalue weighted by Gasteiger charge is 2.31. The Labute approximate surface area is 116 Å². The average Bonchev–Trinajstić information content (AvgIpc) is 2.38. The third-order valence-electron chi connectivity index (χ3n) is 3.72. The number of benzene rings is 1. The van der Waals surface area contributed by atoms with Gasteiger partial charge in [0, 0.05) is 26.6 Å². The molecule has 0 bridgehead atoms. The maximum absolute atomic E-state index is 12.5. The zero-order chi connectivity index (χ0) is 14.9. The highest BCUT2D eigenvalue weighted by molar-refractivity contribution is 5.73. The molecular formula is C14H17F3N2O. The van der Waals surface area contributed by atoms with Gasteiger partial charge in [-0.05, 0) is 24.7 Å². The molecule has 0 saturated carbocycles. The molecule has 1 aromatic rings. The van der Waals surface area contributed by atoms with Gasteiger partial charge in [0.15, 0.2) is 0 Å². The Morgan fingerprint density at radius 2 is 1.80 bits per heavy atom. The molecule has 1 amide bonds. The fourth-order valence-corrected chi connectivity index (χ4v) is 2.41. The van der Waals surface area contributed by atoms with Gasteiger partial charge in [-0.25, -0.2) is 0 Å². The molecule has 0 aromatic heterocycles. The number of carbonyl (C=O) groups excluding carboxylic acids is 1. The number of hydrogen-bond acceptors (Lipinski definition) is 2. The van der Waals surface area contributed by atoms with E-state index in [1.54, 1.807) is 4.90 Å².